The van der Waals surface area contributed by atoms with Crippen LogP contribution in [-0.4, -0.2) is 46.0 Å². The van der Waals surface area contributed by atoms with Gasteiger partial charge in [0.25, 0.3) is 0 Å². The fourth-order valence-electron chi connectivity index (χ4n) is 0.412. The highest BCUT2D eigenvalue weighted by molar-refractivity contribution is 5.89. The lowest BCUT2D eigenvalue weighted by molar-refractivity contribution is -0.134. The van der Waals surface area contributed by atoms with Gasteiger partial charge in [-0.25, -0.2) is 9.59 Å². The maximum atomic E-state index is 9.55. The van der Waals surface area contributed by atoms with Gasteiger partial charge in [0.15, 0.2) is 0 Å². The highest BCUT2D eigenvalue weighted by Gasteiger charge is 1.88. The lowest BCUT2D eigenvalue weighted by Crippen LogP contribution is -2.47. The van der Waals surface area contributed by atoms with Crippen LogP contribution < -0.4 is 44.6 Å². The Labute approximate surface area is 135 Å². The fraction of sp³-hybridized carbons (Fsp3) is 0. The lowest BCUT2D eigenvalue weighted by Gasteiger charge is -2.02. The Kier molecular flexibility index (Phi) is 15.6. The first-order valence-electron chi connectivity index (χ1n) is 5.42. The number of guanidine groups is 4. The molecule has 136 valence electrons. The third kappa shape index (κ3) is 43.1. The molecule has 0 atom stereocenters. The molecule has 0 spiro atoms. The third-order valence-corrected chi connectivity index (χ3v) is 1.03. The summed E-state index contributed by atoms with van der Waals surface area (Å²) in [6.07, 6.45) is 1.12. The van der Waals surface area contributed by atoms with Crippen LogP contribution in [0.15, 0.2) is 12.2 Å². The average molecular weight is 348 g/mol. The van der Waals surface area contributed by atoms with Crippen molar-refractivity contribution in [1.82, 2.24) is 21.7 Å². The van der Waals surface area contributed by atoms with Crippen LogP contribution in [0.1, 0.15) is 0 Å². The molecule has 0 rings (SSSR count). The second kappa shape index (κ2) is 15.2. The van der Waals surface area contributed by atoms with Crippen molar-refractivity contribution in [2.75, 3.05) is 0 Å². The highest BCUT2D eigenvalue weighted by atomic mass is 16.4. The maximum Gasteiger partial charge on any atom is 0.328 e. The molecule has 0 aliphatic rings. The summed E-state index contributed by atoms with van der Waals surface area (Å²) in [5, 5.41) is 41.8. The van der Waals surface area contributed by atoms with E-state index in [9.17, 15) is 9.59 Å². The van der Waals surface area contributed by atoms with Gasteiger partial charge in [0.2, 0.25) is 23.8 Å². The minimum atomic E-state index is -1.26. The van der Waals surface area contributed by atoms with Crippen molar-refractivity contribution in [1.29, 1.82) is 21.6 Å². The molecule has 0 aliphatic heterocycles. The van der Waals surface area contributed by atoms with Crippen LogP contribution in [0.5, 0.6) is 0 Å². The van der Waals surface area contributed by atoms with Gasteiger partial charge in [-0.3, -0.25) is 43.3 Å². The molecule has 0 amide bonds. The van der Waals surface area contributed by atoms with Crippen molar-refractivity contribution < 1.29 is 19.8 Å². The Balaban J connectivity index is -0.000000276. The van der Waals surface area contributed by atoms with Crippen molar-refractivity contribution in [3.05, 3.63) is 12.2 Å². The normalized spacial score (nSPS) is 8.17. The Morgan fingerprint density at radius 2 is 0.792 bits per heavy atom. The molecule has 0 aromatic rings. The van der Waals surface area contributed by atoms with E-state index >= 15 is 0 Å². The summed E-state index contributed by atoms with van der Waals surface area (Å²) in [5.41, 5.74) is 27.6. The molecule has 0 unspecified atom stereocenters. The van der Waals surface area contributed by atoms with Crippen LogP contribution in [0.4, 0.5) is 0 Å². The van der Waals surface area contributed by atoms with E-state index in [0.29, 0.717) is 12.2 Å². The minimum absolute atomic E-state index is 0.278. The van der Waals surface area contributed by atoms with Gasteiger partial charge in [0.05, 0.1) is 0 Å². The molecular formula is C8H20N12O4. The molecule has 0 aliphatic carbocycles. The zero-order chi connectivity index (χ0) is 19.7. The smallest absolute Gasteiger partial charge is 0.328 e. The molecule has 16 nitrogen and oxygen atoms in total. The number of carboxylic acids is 2. The Bertz CT molecular complexity index is 429. The molecule has 16 heteroatoms. The van der Waals surface area contributed by atoms with Crippen LogP contribution in [0, 0.1) is 21.6 Å². The van der Waals surface area contributed by atoms with Gasteiger partial charge in [-0.15, -0.1) is 0 Å². The number of hydrogen-bond donors (Lipinski definition) is 14. The molecule has 0 heterocycles. The van der Waals surface area contributed by atoms with E-state index in [1.807, 2.05) is 0 Å². The lowest BCUT2D eigenvalue weighted by atomic mass is 10.5. The van der Waals surface area contributed by atoms with Crippen molar-refractivity contribution in [2.45, 2.75) is 0 Å². The first-order chi connectivity index (χ1) is 10.9. The topological polar surface area (TPSA) is 322 Å². The molecule has 0 aromatic heterocycles. The van der Waals surface area contributed by atoms with Gasteiger partial charge >= 0.3 is 11.9 Å². The molecule has 0 saturated heterocycles. The number of aliphatic carboxylic acids is 2. The van der Waals surface area contributed by atoms with Crippen LogP contribution >= 0.6 is 0 Å². The van der Waals surface area contributed by atoms with Gasteiger partial charge in [0, 0.05) is 12.2 Å². The summed E-state index contributed by atoms with van der Waals surface area (Å²) in [6, 6.07) is 0. The predicted octanol–water partition coefficient (Wildman–Crippen LogP) is -4.55. The summed E-state index contributed by atoms with van der Waals surface area (Å²) in [4.78, 5) is 19.1. The number of nitrogens with two attached hydrogens (primary N) is 4. The van der Waals surface area contributed by atoms with Gasteiger partial charge in [-0.1, -0.05) is 0 Å². The third-order valence-electron chi connectivity index (χ3n) is 1.03. The van der Waals surface area contributed by atoms with Crippen LogP contribution in [0.3, 0.4) is 0 Å². The maximum absolute atomic E-state index is 9.55. The summed E-state index contributed by atoms with van der Waals surface area (Å²) in [6.45, 7) is 0. The monoisotopic (exact) mass is 348 g/mol. The first-order valence-corrected chi connectivity index (χ1v) is 5.42. The van der Waals surface area contributed by atoms with E-state index in [0.717, 1.165) is 0 Å². The molecular weight excluding hydrogens is 328 g/mol. The van der Waals surface area contributed by atoms with Crippen molar-refractivity contribution in [2.24, 2.45) is 22.9 Å². The summed E-state index contributed by atoms with van der Waals surface area (Å²) in [7, 11) is 0. The number of hydrazine groups is 2. The van der Waals surface area contributed by atoms with E-state index < -0.39 is 11.9 Å². The number of nitrogens with one attached hydrogen (secondary N) is 8. The van der Waals surface area contributed by atoms with E-state index in [1.54, 1.807) is 0 Å². The summed E-state index contributed by atoms with van der Waals surface area (Å²) < 4.78 is 0. The van der Waals surface area contributed by atoms with Crippen LogP contribution in [-0.2, 0) is 9.59 Å². The molecule has 0 saturated carbocycles. The van der Waals surface area contributed by atoms with Gasteiger partial charge < -0.3 is 33.1 Å². The van der Waals surface area contributed by atoms with Crippen molar-refractivity contribution in [3.63, 3.8) is 0 Å². The SMILES string of the molecule is N=C(N)NNC(=N)N.N=C(N)NNC(=N)N.O=C(O)/C=C\C(=O)O. The molecule has 0 radical (unpaired) electrons. The zero-order valence-corrected chi connectivity index (χ0v) is 12.2. The summed E-state index contributed by atoms with van der Waals surface area (Å²) >= 11 is 0. The molecule has 0 bridgehead atoms. The number of rotatable bonds is 2. The van der Waals surface area contributed by atoms with Crippen LogP contribution in [0.2, 0.25) is 0 Å². The van der Waals surface area contributed by atoms with Gasteiger partial charge in [-0.05, 0) is 0 Å². The van der Waals surface area contributed by atoms with E-state index in [-0.39, 0.29) is 23.8 Å². The number of carboxylic acid groups (broad SMARTS) is 2. The average Bonchev–Trinajstić information content (AvgIpc) is 2.42. The van der Waals surface area contributed by atoms with E-state index in [2.05, 4.69) is 21.7 Å². The standard InChI is InChI=1S/C4H4O4.2C2H8N6/c5-3(6)1-2-4(7)8;2*3-1(4)7-8-2(5)6/h1-2H,(H,5,6)(H,7,8);2*(H4,3,4,7)(H4,5,6,8)/b2-1-;;. The summed E-state index contributed by atoms with van der Waals surface area (Å²) in [5.74, 6) is -3.62. The number of hydrogen-bond acceptors (Lipinski definition) is 6. The highest BCUT2D eigenvalue weighted by Crippen LogP contribution is 1.70. The van der Waals surface area contributed by atoms with Gasteiger partial charge in [-0.2, -0.15) is 0 Å². The molecule has 18 N–H and O–H groups in total. The molecule has 0 aromatic carbocycles. The minimum Gasteiger partial charge on any atom is -0.478 e. The zero-order valence-electron chi connectivity index (χ0n) is 12.2. The molecule has 0 fully saturated rings. The fourth-order valence-corrected chi connectivity index (χ4v) is 0.412. The second-order valence-corrected chi connectivity index (χ2v) is 3.16. The predicted molar refractivity (Wildman–Crippen MR) is 84.6 cm³/mol. The Morgan fingerprint density at radius 1 is 0.625 bits per heavy atom. The van der Waals surface area contributed by atoms with Crippen molar-refractivity contribution in [3.8, 4) is 0 Å². The molecule has 24 heavy (non-hydrogen) atoms. The van der Waals surface area contributed by atoms with Crippen molar-refractivity contribution >= 4 is 35.8 Å². The largest absolute Gasteiger partial charge is 0.478 e. The van der Waals surface area contributed by atoms with E-state index in [4.69, 9.17) is 54.8 Å². The Morgan fingerprint density at radius 3 is 0.875 bits per heavy atom. The Hall–Kier alpha value is -4.24. The number of carbonyl (C=O) groups is 2. The van der Waals surface area contributed by atoms with Crippen LogP contribution in [0.25, 0.3) is 0 Å². The quantitative estimate of drug-likeness (QED) is 0.0969. The second-order valence-electron chi connectivity index (χ2n) is 3.16. The van der Waals surface area contributed by atoms with Gasteiger partial charge in [0.1, 0.15) is 0 Å². The van der Waals surface area contributed by atoms with E-state index in [1.165, 1.54) is 0 Å². The first kappa shape index (κ1) is 24.8.